The lowest BCUT2D eigenvalue weighted by Crippen LogP contribution is -2.42. The number of likely N-dealkylation sites (tertiary alicyclic amines) is 2. The zero-order valence-corrected chi connectivity index (χ0v) is 74.1. The third kappa shape index (κ3) is 32.2. The monoisotopic (exact) mass is 1810 g/mol. The first kappa shape index (κ1) is 99.5. The highest BCUT2D eigenvalue weighted by molar-refractivity contribution is 5.95. The van der Waals surface area contributed by atoms with Gasteiger partial charge in [0.25, 0.3) is 11.8 Å². The number of benzene rings is 10. The zero-order valence-electron chi connectivity index (χ0n) is 74.1. The van der Waals surface area contributed by atoms with E-state index in [-0.39, 0.29) is 129 Å². The molecule has 11 aromatic rings. The molecule has 692 valence electrons. The van der Waals surface area contributed by atoms with Crippen LogP contribution in [0.2, 0.25) is 0 Å². The predicted octanol–water partition coefficient (Wildman–Crippen LogP) is 18.4. The number of pyridine rings is 1. The van der Waals surface area contributed by atoms with Gasteiger partial charge < -0.3 is 47.0 Å². The largest absolute Gasteiger partial charge is 0.356 e. The molecule has 17 nitrogen and oxygen atoms in total. The Hall–Kier alpha value is -13.1. The van der Waals surface area contributed by atoms with Crippen LogP contribution in [0.3, 0.4) is 0 Å². The Morgan fingerprint density at radius 3 is 0.947 bits per heavy atom. The smallest absolute Gasteiger partial charge is 0.252 e. The lowest BCUT2D eigenvalue weighted by atomic mass is 9.88. The molecule has 0 saturated carbocycles. The lowest BCUT2D eigenvalue weighted by Gasteiger charge is -2.28. The summed E-state index contributed by atoms with van der Waals surface area (Å²) in [6.07, 6.45) is 12.0. The number of carbonyl (C=O) groups is 7. The molecule has 7 amide bonds. The summed E-state index contributed by atoms with van der Waals surface area (Å²) in [7, 11) is 2.07. The summed E-state index contributed by atoms with van der Waals surface area (Å²) in [5, 5.41) is 19.8. The van der Waals surface area contributed by atoms with E-state index in [1.54, 1.807) is 128 Å². The SMILES string of the molecule is CC(CCNC(=O)c1ccc(CCN2CCCC2)nc1)c1ccc(F)cc1.CN1CCC(C(=O)NCCC(c2ccc(F)cc2)c2ccc(F)cc2)CC1.O=C(NCCC(c1ccc(F)cc1)c1ccc(F)cc1)c1ccccc1.O=C1CC[C@@H](C(=O)NCCC(c2ccc(F)cc2)c2ccc(F)cc2)N1.O=C1CC[C@H](C(=O)NCCC(c2ccc(F)cc2)c2ccc(F)cc2)N1. The normalized spacial score (nSPS) is 15.1. The minimum absolute atomic E-state index is 0.0241. The Bertz CT molecular complexity index is 5120. The van der Waals surface area contributed by atoms with E-state index >= 15 is 0 Å². The molecule has 5 heterocycles. The average Bonchev–Trinajstić information content (AvgIpc) is 0.887. The van der Waals surface area contributed by atoms with Crippen LogP contribution in [0.25, 0.3) is 0 Å². The van der Waals surface area contributed by atoms with Gasteiger partial charge in [0.15, 0.2) is 0 Å². The maximum Gasteiger partial charge on any atom is 0.252 e. The summed E-state index contributed by atoms with van der Waals surface area (Å²) in [6, 6.07) is 68.4. The number of carbonyl (C=O) groups excluding carboxylic acids is 7. The van der Waals surface area contributed by atoms with Crippen LogP contribution in [0, 0.1) is 58.3 Å². The van der Waals surface area contributed by atoms with E-state index in [0.717, 1.165) is 101 Å². The number of halogens is 9. The number of aromatic nitrogens is 1. The van der Waals surface area contributed by atoms with E-state index in [9.17, 15) is 73.1 Å². The Labute approximate surface area is 765 Å². The van der Waals surface area contributed by atoms with Crippen LogP contribution in [-0.4, -0.2) is 141 Å². The first-order valence-corrected chi connectivity index (χ1v) is 45.0. The number of rotatable bonds is 32. The van der Waals surface area contributed by atoms with Crippen LogP contribution in [0.1, 0.15) is 196 Å². The molecular weight excluding hydrogens is 1700 g/mol. The molecule has 15 rings (SSSR count). The maximum absolute atomic E-state index is 13.3. The van der Waals surface area contributed by atoms with Crippen LogP contribution < -0.4 is 37.2 Å². The number of hydrogen-bond acceptors (Lipinski definition) is 10. The number of amides is 7. The van der Waals surface area contributed by atoms with Crippen molar-refractivity contribution in [3.63, 3.8) is 0 Å². The van der Waals surface area contributed by atoms with Crippen LogP contribution in [0.5, 0.6) is 0 Å². The highest BCUT2D eigenvalue weighted by Gasteiger charge is 2.30. The molecule has 0 radical (unpaired) electrons. The van der Waals surface area contributed by atoms with Gasteiger partial charge in [-0.1, -0.05) is 134 Å². The van der Waals surface area contributed by atoms with Gasteiger partial charge >= 0.3 is 0 Å². The summed E-state index contributed by atoms with van der Waals surface area (Å²) in [6.45, 7) is 9.75. The summed E-state index contributed by atoms with van der Waals surface area (Å²) in [4.78, 5) is 92.7. The third-order valence-corrected chi connectivity index (χ3v) is 24.1. The van der Waals surface area contributed by atoms with Gasteiger partial charge in [-0.25, -0.2) is 39.5 Å². The Kier molecular flexibility index (Phi) is 38.8. The average molecular weight is 1810 g/mol. The van der Waals surface area contributed by atoms with E-state index in [4.69, 9.17) is 0 Å². The molecule has 10 aromatic carbocycles. The van der Waals surface area contributed by atoms with Crippen LogP contribution >= 0.6 is 0 Å². The summed E-state index contributed by atoms with van der Waals surface area (Å²) < 4.78 is 119. The van der Waals surface area contributed by atoms with Crippen molar-refractivity contribution in [1.82, 2.24) is 52.0 Å². The molecule has 4 aliphatic heterocycles. The highest BCUT2D eigenvalue weighted by atomic mass is 19.2. The van der Waals surface area contributed by atoms with E-state index in [1.165, 1.54) is 135 Å². The fourth-order valence-corrected chi connectivity index (χ4v) is 16.4. The van der Waals surface area contributed by atoms with Crippen molar-refractivity contribution in [2.75, 3.05) is 72.5 Å². The first-order chi connectivity index (χ1) is 63.8. The van der Waals surface area contributed by atoms with Crippen molar-refractivity contribution in [3.8, 4) is 0 Å². The van der Waals surface area contributed by atoms with Gasteiger partial charge in [0.05, 0.1) is 5.56 Å². The second-order valence-electron chi connectivity index (χ2n) is 33.5. The molecule has 4 fully saturated rings. The van der Waals surface area contributed by atoms with Crippen molar-refractivity contribution in [3.05, 3.63) is 386 Å². The molecule has 0 aliphatic carbocycles. The second kappa shape index (κ2) is 51.5. The van der Waals surface area contributed by atoms with Crippen molar-refractivity contribution < 1.29 is 73.1 Å². The van der Waals surface area contributed by atoms with Gasteiger partial charge in [-0.05, 0) is 293 Å². The maximum atomic E-state index is 13.3. The predicted molar refractivity (Wildman–Crippen MR) is 493 cm³/mol. The Balaban J connectivity index is 0.000000159. The number of piperidine rings is 1. The Morgan fingerprint density at radius 2 is 0.644 bits per heavy atom. The molecule has 1 unspecified atom stereocenters. The summed E-state index contributed by atoms with van der Waals surface area (Å²) in [5.74, 6) is -3.39. The fourth-order valence-electron chi connectivity index (χ4n) is 16.4. The van der Waals surface area contributed by atoms with Crippen LogP contribution in [-0.2, 0) is 30.4 Å². The molecule has 1 aromatic heterocycles. The van der Waals surface area contributed by atoms with Gasteiger partial charge in [-0.15, -0.1) is 0 Å². The fraction of sp³-hybridized carbons (Fsp3) is 0.321. The lowest BCUT2D eigenvalue weighted by molar-refractivity contribution is -0.126. The minimum atomic E-state index is -0.474. The van der Waals surface area contributed by atoms with Gasteiger partial charge in [0, 0.05) is 106 Å². The molecule has 4 aliphatic rings. The highest BCUT2D eigenvalue weighted by Crippen LogP contribution is 2.34. The molecule has 26 heteroatoms. The van der Waals surface area contributed by atoms with E-state index in [1.807, 2.05) is 30.3 Å². The topological polar surface area (TPSA) is 223 Å². The van der Waals surface area contributed by atoms with Gasteiger partial charge in [0.1, 0.15) is 64.4 Å². The van der Waals surface area contributed by atoms with Crippen LogP contribution in [0.15, 0.2) is 267 Å². The summed E-state index contributed by atoms with van der Waals surface area (Å²) in [5.41, 5.74) is 10.6. The molecule has 0 bridgehead atoms. The van der Waals surface area contributed by atoms with Crippen molar-refractivity contribution in [1.29, 1.82) is 0 Å². The molecule has 7 N–H and O–H groups in total. The molecule has 4 saturated heterocycles. The summed E-state index contributed by atoms with van der Waals surface area (Å²) >= 11 is 0. The van der Waals surface area contributed by atoms with Gasteiger partial charge in [-0.2, -0.15) is 0 Å². The van der Waals surface area contributed by atoms with Gasteiger partial charge in [0.2, 0.25) is 29.5 Å². The number of nitrogens with one attached hydrogen (secondary N) is 7. The molecular formula is C106H113F9N10O7. The van der Waals surface area contributed by atoms with Crippen molar-refractivity contribution in [2.24, 2.45) is 5.92 Å². The third-order valence-electron chi connectivity index (χ3n) is 24.1. The quantitative estimate of drug-likeness (QED) is 0.0198. The molecule has 0 spiro atoms. The van der Waals surface area contributed by atoms with E-state index in [0.29, 0.717) is 95.2 Å². The Morgan fingerprint density at radius 1 is 0.348 bits per heavy atom. The number of nitrogens with zero attached hydrogens (tertiary/aromatic N) is 3. The van der Waals surface area contributed by atoms with Crippen molar-refractivity contribution in [2.45, 2.75) is 138 Å². The standard InChI is InChI=1S/C22H26F2N2O.C22H19F2NO.C22H28FN3O.2C20H20F2N2O2/c1-26-14-11-18(12-15-26)22(27)25-13-10-21(16-2-6-19(23)7-3-16)17-4-8-20(24)9-5-17;23-19-10-6-16(7-11-19)21(17-8-12-20(24)13-9-17)14-15-25-22(26)18-4-2-1-3-5-18;1-17(18-4-7-20(23)8-5-18)10-12-24-22(27)19-6-9-21(25-16-19)11-15-26-13-2-3-14-26;2*21-15-5-1-13(2-6-15)17(14-3-7-16(22)8-4-14)11-12-23-20(26)18-9-10-19(25)24-18/h2-9,18,21H,10-15H2,1H3,(H,25,27);1-13,21H,14-15H2,(H,25,26);4-9,16-17H,2-3,10-15H2,1H3,(H,24,27);2*1-8,17-18H,9-12H2,(H,23,26)(H,24,25)/t;;;2*18-/m...10/s1. The molecule has 132 heavy (non-hydrogen) atoms. The van der Waals surface area contributed by atoms with Crippen LogP contribution in [0.4, 0.5) is 39.5 Å². The second-order valence-corrected chi connectivity index (χ2v) is 33.5. The number of hydrogen-bond donors (Lipinski definition) is 7. The van der Waals surface area contributed by atoms with E-state index in [2.05, 4.69) is 66.0 Å². The van der Waals surface area contributed by atoms with Crippen molar-refractivity contribution >= 4 is 41.4 Å². The minimum Gasteiger partial charge on any atom is -0.356 e. The molecule has 3 atom stereocenters. The zero-order chi connectivity index (χ0) is 93.7. The van der Waals surface area contributed by atoms with Gasteiger partial charge in [-0.3, -0.25) is 38.5 Å². The first-order valence-electron chi connectivity index (χ1n) is 45.0. The van der Waals surface area contributed by atoms with E-state index < -0.39 is 12.1 Å².